The van der Waals surface area contributed by atoms with E-state index < -0.39 is 0 Å². The van der Waals surface area contributed by atoms with Crippen LogP contribution in [0.3, 0.4) is 0 Å². The normalized spacial score (nSPS) is 15.7. The van der Waals surface area contributed by atoms with Crippen molar-refractivity contribution >= 4 is 33.1 Å². The highest BCUT2D eigenvalue weighted by atomic mass is 32.1. The molecule has 2 aliphatic carbocycles. The van der Waals surface area contributed by atoms with Crippen molar-refractivity contribution in [3.05, 3.63) is 153 Å². The van der Waals surface area contributed by atoms with Crippen LogP contribution in [0.4, 0.5) is 0 Å². The molecule has 8 rings (SSSR count). The summed E-state index contributed by atoms with van der Waals surface area (Å²) >= 11 is 1.88. The van der Waals surface area contributed by atoms with Gasteiger partial charge in [-0.1, -0.05) is 125 Å². The van der Waals surface area contributed by atoms with Crippen LogP contribution < -0.4 is 0 Å². The van der Waals surface area contributed by atoms with Crippen LogP contribution in [0.1, 0.15) is 71.5 Å². The molecule has 210 valence electrons. The average molecular weight is 573 g/mol. The minimum absolute atomic E-state index is 0.00273. The Hall–Kier alpha value is -4.20. The number of rotatable bonds is 4. The van der Waals surface area contributed by atoms with Crippen LogP contribution >= 0.6 is 11.3 Å². The van der Waals surface area contributed by atoms with Gasteiger partial charge in [-0.05, 0) is 104 Å². The van der Waals surface area contributed by atoms with Crippen LogP contribution in [-0.4, -0.2) is 0 Å². The summed E-state index contributed by atoms with van der Waals surface area (Å²) in [5.74, 6) is 0. The maximum absolute atomic E-state index is 2.47. The number of fused-ring (bicyclic) bond motifs is 7. The zero-order valence-electron chi connectivity index (χ0n) is 25.6. The van der Waals surface area contributed by atoms with E-state index in [4.69, 9.17) is 0 Å². The van der Waals surface area contributed by atoms with E-state index in [1.165, 1.54) is 81.7 Å². The molecule has 0 spiro atoms. The van der Waals surface area contributed by atoms with Gasteiger partial charge in [0.2, 0.25) is 0 Å². The highest BCUT2D eigenvalue weighted by Gasteiger charge is 2.36. The van der Waals surface area contributed by atoms with Gasteiger partial charge in [-0.25, -0.2) is 0 Å². The Bertz CT molecular complexity index is 2110. The third-order valence-corrected chi connectivity index (χ3v) is 11.0. The van der Waals surface area contributed by atoms with Crippen LogP contribution in [0.25, 0.3) is 44.0 Å². The van der Waals surface area contributed by atoms with Crippen LogP contribution in [0.2, 0.25) is 0 Å². The van der Waals surface area contributed by atoms with Gasteiger partial charge in [0.1, 0.15) is 0 Å². The Labute approximate surface area is 259 Å². The molecular weight excluding hydrogens is 537 g/mol. The number of thiophene rings is 1. The zero-order valence-corrected chi connectivity index (χ0v) is 26.4. The first-order chi connectivity index (χ1) is 20.7. The fraction of sp³-hybridized carbons (Fsp3) is 0.190. The lowest BCUT2D eigenvalue weighted by molar-refractivity contribution is 0.659. The van der Waals surface area contributed by atoms with E-state index in [2.05, 4.69) is 150 Å². The van der Waals surface area contributed by atoms with Gasteiger partial charge in [-0.2, -0.15) is 0 Å². The molecule has 0 fully saturated rings. The highest BCUT2D eigenvalue weighted by Crippen LogP contribution is 2.50. The Morgan fingerprint density at radius 1 is 0.605 bits per heavy atom. The number of allylic oxidation sites excluding steroid dienone is 1. The van der Waals surface area contributed by atoms with Gasteiger partial charge in [-0.3, -0.25) is 0 Å². The predicted octanol–water partition coefficient (Wildman–Crippen LogP) is 11.6. The standard InChI is InChI=1S/C42H36S/c1-26-20-30-16-14-28(24-40(30)43-26)22-31(29-17-19-35-33-11-7-9-13-37(33)42(4,5)39(35)25-29)21-27-15-18-34-32-10-6-8-12-36(32)41(2,3)38(34)23-27/h6-20,22-25H,21H2,1-5H3/b31-22-. The average Bonchev–Trinajstić information content (AvgIpc) is 3.57. The van der Waals surface area contributed by atoms with Gasteiger partial charge in [0.15, 0.2) is 0 Å². The molecule has 0 radical (unpaired) electrons. The van der Waals surface area contributed by atoms with E-state index >= 15 is 0 Å². The second-order valence-corrected chi connectivity index (χ2v) is 14.8. The molecule has 1 heteroatoms. The van der Waals surface area contributed by atoms with Crippen molar-refractivity contribution in [2.24, 2.45) is 0 Å². The monoisotopic (exact) mass is 572 g/mol. The maximum Gasteiger partial charge on any atom is 0.0351 e. The number of hydrogen-bond donors (Lipinski definition) is 0. The van der Waals surface area contributed by atoms with E-state index in [1.54, 1.807) is 0 Å². The van der Waals surface area contributed by atoms with Crippen molar-refractivity contribution in [1.82, 2.24) is 0 Å². The van der Waals surface area contributed by atoms with E-state index in [0.29, 0.717) is 0 Å². The summed E-state index contributed by atoms with van der Waals surface area (Å²) < 4.78 is 1.35. The van der Waals surface area contributed by atoms with Crippen molar-refractivity contribution in [3.63, 3.8) is 0 Å². The summed E-state index contributed by atoms with van der Waals surface area (Å²) in [7, 11) is 0. The van der Waals surface area contributed by atoms with E-state index in [9.17, 15) is 0 Å². The molecule has 0 atom stereocenters. The molecule has 0 saturated heterocycles. The molecule has 0 unspecified atom stereocenters. The van der Waals surface area contributed by atoms with Crippen LogP contribution in [0.5, 0.6) is 0 Å². The smallest absolute Gasteiger partial charge is 0.0351 e. The summed E-state index contributed by atoms with van der Waals surface area (Å²) in [5.41, 5.74) is 16.5. The molecule has 6 aromatic rings. The first-order valence-electron chi connectivity index (χ1n) is 15.4. The first kappa shape index (κ1) is 26.4. The van der Waals surface area contributed by atoms with Crippen molar-refractivity contribution < 1.29 is 0 Å². The molecule has 0 saturated carbocycles. The largest absolute Gasteiger partial charge is 0.141 e. The maximum atomic E-state index is 2.47. The lowest BCUT2D eigenvalue weighted by Gasteiger charge is -2.23. The summed E-state index contributed by atoms with van der Waals surface area (Å²) in [6, 6.07) is 41.4. The second-order valence-electron chi connectivity index (χ2n) is 13.5. The van der Waals surface area contributed by atoms with Crippen LogP contribution in [0.15, 0.2) is 109 Å². The molecule has 1 heterocycles. The summed E-state index contributed by atoms with van der Waals surface area (Å²) in [4.78, 5) is 1.36. The lowest BCUT2D eigenvalue weighted by atomic mass is 9.80. The Kier molecular flexibility index (Phi) is 5.78. The van der Waals surface area contributed by atoms with E-state index in [-0.39, 0.29) is 10.8 Å². The Balaban J connectivity index is 1.25. The molecule has 5 aromatic carbocycles. The SMILES string of the molecule is Cc1cc2ccc(/C=C(/Cc3ccc4c(c3)C(C)(C)c3ccccc3-4)c3ccc4c(c3)C(C)(C)c3ccccc3-4)cc2s1. The second kappa shape index (κ2) is 9.40. The number of benzene rings is 5. The summed E-state index contributed by atoms with van der Waals surface area (Å²) in [5, 5.41) is 1.33. The van der Waals surface area contributed by atoms with Crippen molar-refractivity contribution in [2.75, 3.05) is 0 Å². The number of hydrogen-bond acceptors (Lipinski definition) is 1. The number of aryl methyl sites for hydroxylation is 1. The zero-order chi connectivity index (χ0) is 29.5. The van der Waals surface area contributed by atoms with Crippen molar-refractivity contribution in [1.29, 1.82) is 0 Å². The molecule has 1 aromatic heterocycles. The highest BCUT2D eigenvalue weighted by molar-refractivity contribution is 7.19. The molecule has 0 amide bonds. The quantitative estimate of drug-likeness (QED) is 0.184. The minimum Gasteiger partial charge on any atom is -0.141 e. The molecule has 43 heavy (non-hydrogen) atoms. The Morgan fingerprint density at radius 2 is 1.21 bits per heavy atom. The lowest BCUT2D eigenvalue weighted by Crippen LogP contribution is -2.15. The summed E-state index contributed by atoms with van der Waals surface area (Å²) in [6.45, 7) is 11.7. The molecule has 2 aliphatic rings. The molecule has 0 bridgehead atoms. The van der Waals surface area contributed by atoms with E-state index in [1.807, 2.05) is 11.3 Å². The minimum atomic E-state index is -0.0240. The summed E-state index contributed by atoms with van der Waals surface area (Å²) in [6.07, 6.45) is 3.31. The van der Waals surface area contributed by atoms with Gasteiger partial charge in [-0.15, -0.1) is 11.3 Å². The molecule has 0 N–H and O–H groups in total. The fourth-order valence-electron chi connectivity index (χ4n) is 7.69. The van der Waals surface area contributed by atoms with Gasteiger partial charge >= 0.3 is 0 Å². The third-order valence-electron chi connectivity index (χ3n) is 10.0. The van der Waals surface area contributed by atoms with Crippen molar-refractivity contribution in [3.8, 4) is 22.3 Å². The molecule has 0 aliphatic heterocycles. The Morgan fingerprint density at radius 3 is 1.91 bits per heavy atom. The third kappa shape index (κ3) is 4.09. The van der Waals surface area contributed by atoms with Crippen LogP contribution in [0, 0.1) is 6.92 Å². The van der Waals surface area contributed by atoms with Gasteiger partial charge in [0.25, 0.3) is 0 Å². The molecular formula is C42H36S. The van der Waals surface area contributed by atoms with Gasteiger partial charge in [0, 0.05) is 20.4 Å². The topological polar surface area (TPSA) is 0 Å². The van der Waals surface area contributed by atoms with E-state index in [0.717, 1.165) is 6.42 Å². The van der Waals surface area contributed by atoms with Crippen LogP contribution in [-0.2, 0) is 17.3 Å². The van der Waals surface area contributed by atoms with Gasteiger partial charge < -0.3 is 0 Å². The first-order valence-corrected chi connectivity index (χ1v) is 16.2. The van der Waals surface area contributed by atoms with Crippen molar-refractivity contribution in [2.45, 2.75) is 51.9 Å². The predicted molar refractivity (Wildman–Crippen MR) is 186 cm³/mol. The fourth-order valence-corrected chi connectivity index (χ4v) is 8.67. The van der Waals surface area contributed by atoms with Gasteiger partial charge in [0.05, 0.1) is 0 Å². The molecule has 0 nitrogen and oxygen atoms in total.